The van der Waals surface area contributed by atoms with Crippen LogP contribution >= 0.6 is 15.9 Å². The molecule has 23 heavy (non-hydrogen) atoms. The maximum absolute atomic E-state index is 6.04. The second kappa shape index (κ2) is 12.1. The van der Waals surface area contributed by atoms with Crippen LogP contribution in [0, 0.1) is 0 Å². The van der Waals surface area contributed by atoms with Gasteiger partial charge in [-0.05, 0) is 43.8 Å². The lowest BCUT2D eigenvalue weighted by atomic mass is 10.1. The molecule has 1 aromatic rings. The third kappa shape index (κ3) is 11.0. The molecule has 0 bridgehead atoms. The second-order valence-electron chi connectivity index (χ2n) is 6.63. The van der Waals surface area contributed by atoms with Crippen molar-refractivity contribution in [3.63, 3.8) is 0 Å². The molecule has 0 heterocycles. The van der Waals surface area contributed by atoms with Crippen molar-refractivity contribution in [2.45, 2.75) is 77.8 Å². The number of hydrogen-bond acceptors (Lipinski definition) is 2. The zero-order valence-electron chi connectivity index (χ0n) is 15.1. The minimum absolute atomic E-state index is 0.825. The van der Waals surface area contributed by atoms with Crippen LogP contribution in [0.25, 0.3) is 0 Å². The molecule has 1 rings (SSSR count). The standard InChI is InChI=1S/C19H33BrO2Si/c1-4-5-6-7-8-9-10-11-12-17-21-23(2,3)22-19-15-13-18(20)14-16-19/h13-16H,4-12,17H2,1-3H3. The van der Waals surface area contributed by atoms with Crippen molar-refractivity contribution < 1.29 is 8.85 Å². The first kappa shape index (κ1) is 20.7. The molecular weight excluding hydrogens is 368 g/mol. The topological polar surface area (TPSA) is 18.5 Å². The van der Waals surface area contributed by atoms with Crippen LogP contribution in [0.3, 0.4) is 0 Å². The van der Waals surface area contributed by atoms with Crippen molar-refractivity contribution >= 4 is 24.5 Å². The van der Waals surface area contributed by atoms with Gasteiger partial charge in [0.15, 0.2) is 0 Å². The summed E-state index contributed by atoms with van der Waals surface area (Å²) < 4.78 is 13.1. The van der Waals surface area contributed by atoms with E-state index in [-0.39, 0.29) is 0 Å². The summed E-state index contributed by atoms with van der Waals surface area (Å²) in [4.78, 5) is 0. The highest BCUT2D eigenvalue weighted by Crippen LogP contribution is 2.20. The second-order valence-corrected chi connectivity index (χ2v) is 10.8. The van der Waals surface area contributed by atoms with Gasteiger partial charge in [0.1, 0.15) is 5.75 Å². The van der Waals surface area contributed by atoms with E-state index in [0.717, 1.165) is 23.2 Å². The van der Waals surface area contributed by atoms with Crippen LogP contribution in [0.4, 0.5) is 0 Å². The summed E-state index contributed by atoms with van der Waals surface area (Å²) in [5, 5.41) is 0. The molecule has 2 nitrogen and oxygen atoms in total. The first-order chi connectivity index (χ1) is 11.0. The van der Waals surface area contributed by atoms with Crippen molar-refractivity contribution in [1.29, 1.82) is 0 Å². The van der Waals surface area contributed by atoms with Gasteiger partial charge in [-0.25, -0.2) is 0 Å². The summed E-state index contributed by atoms with van der Waals surface area (Å²) >= 11 is 3.44. The average Bonchev–Trinajstić information content (AvgIpc) is 2.51. The molecule has 4 heteroatoms. The molecule has 0 fully saturated rings. The number of unbranched alkanes of at least 4 members (excludes halogenated alkanes) is 8. The van der Waals surface area contributed by atoms with Crippen LogP contribution in [0.5, 0.6) is 5.75 Å². The van der Waals surface area contributed by atoms with Gasteiger partial charge in [0.2, 0.25) is 0 Å². The number of rotatable bonds is 13. The fourth-order valence-electron chi connectivity index (χ4n) is 2.55. The fourth-order valence-corrected chi connectivity index (χ4v) is 4.21. The molecule has 0 amide bonds. The smallest absolute Gasteiger partial charge is 0.392 e. The molecule has 1 aromatic carbocycles. The van der Waals surface area contributed by atoms with Crippen molar-refractivity contribution in [3.8, 4) is 5.75 Å². The monoisotopic (exact) mass is 400 g/mol. The molecular formula is C19H33BrO2Si. The molecule has 0 aliphatic carbocycles. The van der Waals surface area contributed by atoms with Gasteiger partial charge < -0.3 is 8.85 Å². The van der Waals surface area contributed by atoms with Crippen LogP contribution < -0.4 is 4.43 Å². The molecule has 0 radical (unpaired) electrons. The van der Waals surface area contributed by atoms with Crippen molar-refractivity contribution in [2.24, 2.45) is 0 Å². The SMILES string of the molecule is CCCCCCCCCCCO[Si](C)(C)Oc1ccc(Br)cc1. The predicted molar refractivity (Wildman–Crippen MR) is 105 cm³/mol. The van der Waals surface area contributed by atoms with E-state index in [1.165, 1.54) is 51.4 Å². The highest BCUT2D eigenvalue weighted by atomic mass is 79.9. The van der Waals surface area contributed by atoms with Crippen molar-refractivity contribution in [2.75, 3.05) is 6.61 Å². The summed E-state index contributed by atoms with van der Waals surface area (Å²) in [5.74, 6) is 0.900. The summed E-state index contributed by atoms with van der Waals surface area (Å²) in [5.41, 5.74) is 0. The minimum Gasteiger partial charge on any atom is -0.520 e. The van der Waals surface area contributed by atoms with E-state index in [2.05, 4.69) is 35.9 Å². The van der Waals surface area contributed by atoms with E-state index >= 15 is 0 Å². The molecule has 0 aliphatic heterocycles. The van der Waals surface area contributed by atoms with Crippen molar-refractivity contribution in [1.82, 2.24) is 0 Å². The molecule has 132 valence electrons. The van der Waals surface area contributed by atoms with E-state index in [4.69, 9.17) is 8.85 Å². The Morgan fingerprint density at radius 2 is 1.35 bits per heavy atom. The number of hydrogen-bond donors (Lipinski definition) is 0. The van der Waals surface area contributed by atoms with E-state index in [1.807, 2.05) is 24.3 Å². The van der Waals surface area contributed by atoms with Crippen LogP contribution in [0.15, 0.2) is 28.7 Å². The molecule has 0 spiro atoms. The Morgan fingerprint density at radius 1 is 0.826 bits per heavy atom. The molecule has 0 atom stereocenters. The Kier molecular flexibility index (Phi) is 10.9. The average molecular weight is 401 g/mol. The largest absolute Gasteiger partial charge is 0.520 e. The maximum atomic E-state index is 6.04. The third-order valence-electron chi connectivity index (χ3n) is 3.87. The van der Waals surface area contributed by atoms with E-state index in [9.17, 15) is 0 Å². The summed E-state index contributed by atoms with van der Waals surface area (Å²) in [6.45, 7) is 7.32. The first-order valence-electron chi connectivity index (χ1n) is 9.12. The Bertz CT molecular complexity index is 406. The molecule has 0 saturated heterocycles. The van der Waals surface area contributed by atoms with Crippen LogP contribution in [-0.2, 0) is 4.43 Å². The Morgan fingerprint density at radius 3 is 1.91 bits per heavy atom. The van der Waals surface area contributed by atoms with Crippen LogP contribution in [-0.4, -0.2) is 15.2 Å². The lowest BCUT2D eigenvalue weighted by Crippen LogP contribution is -2.38. The van der Waals surface area contributed by atoms with Gasteiger partial charge in [0.25, 0.3) is 0 Å². The highest BCUT2D eigenvalue weighted by molar-refractivity contribution is 9.10. The van der Waals surface area contributed by atoms with Gasteiger partial charge in [-0.15, -0.1) is 0 Å². The molecule has 0 aromatic heterocycles. The van der Waals surface area contributed by atoms with Gasteiger partial charge >= 0.3 is 8.56 Å². The van der Waals surface area contributed by atoms with Gasteiger partial charge in [-0.2, -0.15) is 0 Å². The summed E-state index contributed by atoms with van der Waals surface area (Å²) in [6, 6.07) is 7.97. The van der Waals surface area contributed by atoms with Crippen LogP contribution in [0.1, 0.15) is 64.7 Å². The third-order valence-corrected chi connectivity index (χ3v) is 6.03. The van der Waals surface area contributed by atoms with Gasteiger partial charge in [-0.1, -0.05) is 74.2 Å². The maximum Gasteiger partial charge on any atom is 0.392 e. The predicted octanol–water partition coefficient (Wildman–Crippen LogP) is 7.08. The molecule has 0 unspecified atom stereocenters. The zero-order chi connectivity index (χ0) is 17.0. The van der Waals surface area contributed by atoms with Gasteiger partial charge in [0.05, 0.1) is 0 Å². The van der Waals surface area contributed by atoms with Gasteiger partial charge in [-0.3, -0.25) is 0 Å². The highest BCUT2D eigenvalue weighted by Gasteiger charge is 2.26. The van der Waals surface area contributed by atoms with E-state index in [1.54, 1.807) is 0 Å². The Labute approximate surface area is 152 Å². The lowest BCUT2D eigenvalue weighted by molar-refractivity contribution is 0.240. The number of benzene rings is 1. The normalized spacial score (nSPS) is 11.7. The number of halogens is 1. The van der Waals surface area contributed by atoms with E-state index in [0.29, 0.717) is 0 Å². The van der Waals surface area contributed by atoms with Crippen LogP contribution in [0.2, 0.25) is 13.1 Å². The zero-order valence-corrected chi connectivity index (χ0v) is 17.7. The molecule has 0 saturated carbocycles. The summed E-state index contributed by atoms with van der Waals surface area (Å²) in [7, 11) is -2.07. The quantitative estimate of drug-likeness (QED) is 0.260. The Hall–Kier alpha value is -0.323. The van der Waals surface area contributed by atoms with E-state index < -0.39 is 8.56 Å². The van der Waals surface area contributed by atoms with Gasteiger partial charge in [0, 0.05) is 11.1 Å². The first-order valence-corrected chi connectivity index (χ1v) is 12.7. The lowest BCUT2D eigenvalue weighted by Gasteiger charge is -2.24. The Balaban J connectivity index is 2.04. The fraction of sp³-hybridized carbons (Fsp3) is 0.684. The summed E-state index contributed by atoms with van der Waals surface area (Å²) in [6.07, 6.45) is 12.1. The molecule has 0 aliphatic rings. The van der Waals surface area contributed by atoms with Crippen molar-refractivity contribution in [3.05, 3.63) is 28.7 Å². The minimum atomic E-state index is -2.07. The molecule has 0 N–H and O–H groups in total.